The van der Waals surface area contributed by atoms with Gasteiger partial charge in [0.15, 0.2) is 0 Å². The zero-order valence-corrected chi connectivity index (χ0v) is 10.9. The number of halogens is 1. The Morgan fingerprint density at radius 3 is 2.67 bits per heavy atom. The Hall–Kier alpha value is -1.43. The van der Waals surface area contributed by atoms with Gasteiger partial charge in [-0.1, -0.05) is 30.9 Å². The lowest BCUT2D eigenvalue weighted by molar-refractivity contribution is -0.385. The number of nitrogens with zero attached hydrogens (tertiary/aromatic N) is 4. The Kier molecular flexibility index (Phi) is 3.96. The molecule has 1 heterocycles. The van der Waals surface area contributed by atoms with Crippen molar-refractivity contribution in [2.24, 2.45) is 0 Å². The van der Waals surface area contributed by atoms with Crippen LogP contribution in [0.25, 0.3) is 0 Å². The van der Waals surface area contributed by atoms with E-state index in [-0.39, 0.29) is 10.8 Å². The zero-order chi connectivity index (χ0) is 13.1. The molecule has 1 aliphatic rings. The average Bonchev–Trinajstić information content (AvgIpc) is 2.38. The van der Waals surface area contributed by atoms with E-state index in [1.54, 1.807) is 0 Å². The van der Waals surface area contributed by atoms with Gasteiger partial charge in [-0.25, -0.2) is 4.98 Å². The highest BCUT2D eigenvalue weighted by molar-refractivity contribution is 6.31. The van der Waals surface area contributed by atoms with E-state index in [1.807, 2.05) is 11.9 Å². The molecule has 1 aromatic heterocycles. The van der Waals surface area contributed by atoms with Crippen LogP contribution in [-0.2, 0) is 0 Å². The smallest absolute Gasteiger partial charge is 0.324 e. The SMILES string of the molecule is CN(c1ncc([N+](=O)[O-])c(Cl)n1)C1CCCCC1. The third-order valence-corrected chi connectivity index (χ3v) is 3.62. The van der Waals surface area contributed by atoms with Crippen molar-refractivity contribution in [1.29, 1.82) is 0 Å². The Balaban J connectivity index is 2.17. The van der Waals surface area contributed by atoms with E-state index in [9.17, 15) is 10.1 Å². The zero-order valence-electron chi connectivity index (χ0n) is 10.2. The molecule has 18 heavy (non-hydrogen) atoms. The van der Waals surface area contributed by atoms with Crippen molar-refractivity contribution in [3.8, 4) is 0 Å². The van der Waals surface area contributed by atoms with E-state index in [4.69, 9.17) is 11.6 Å². The molecule has 0 amide bonds. The molecule has 2 rings (SSSR count). The number of nitro groups is 1. The molecule has 98 valence electrons. The van der Waals surface area contributed by atoms with Crippen molar-refractivity contribution in [2.45, 2.75) is 38.1 Å². The molecule has 0 aliphatic heterocycles. The Labute approximate surface area is 110 Å². The molecule has 1 fully saturated rings. The summed E-state index contributed by atoms with van der Waals surface area (Å²) in [5.41, 5.74) is -0.252. The van der Waals surface area contributed by atoms with Crippen LogP contribution in [0.5, 0.6) is 0 Å². The molecule has 1 aliphatic carbocycles. The van der Waals surface area contributed by atoms with Gasteiger partial charge in [-0.15, -0.1) is 0 Å². The van der Waals surface area contributed by atoms with Gasteiger partial charge in [0, 0.05) is 13.1 Å². The van der Waals surface area contributed by atoms with Crippen molar-refractivity contribution in [3.63, 3.8) is 0 Å². The van der Waals surface area contributed by atoms with Crippen molar-refractivity contribution in [1.82, 2.24) is 9.97 Å². The van der Waals surface area contributed by atoms with Gasteiger partial charge in [0.25, 0.3) is 0 Å². The normalized spacial score (nSPS) is 16.6. The van der Waals surface area contributed by atoms with Gasteiger partial charge in [-0.3, -0.25) is 10.1 Å². The molecule has 7 heteroatoms. The second-order valence-electron chi connectivity index (χ2n) is 4.51. The first-order valence-corrected chi connectivity index (χ1v) is 6.37. The summed E-state index contributed by atoms with van der Waals surface area (Å²) in [6.45, 7) is 0. The summed E-state index contributed by atoms with van der Waals surface area (Å²) in [5.74, 6) is 0.456. The van der Waals surface area contributed by atoms with Crippen LogP contribution in [-0.4, -0.2) is 28.0 Å². The molecule has 0 radical (unpaired) electrons. The predicted octanol–water partition coefficient (Wildman–Crippen LogP) is 2.81. The van der Waals surface area contributed by atoms with Gasteiger partial charge in [0.1, 0.15) is 6.20 Å². The minimum atomic E-state index is -0.577. The summed E-state index contributed by atoms with van der Waals surface area (Å²) in [6, 6.07) is 0.399. The Bertz CT molecular complexity index is 449. The Morgan fingerprint density at radius 1 is 1.44 bits per heavy atom. The van der Waals surface area contributed by atoms with Gasteiger partial charge in [0.2, 0.25) is 11.1 Å². The lowest BCUT2D eigenvalue weighted by atomic mass is 9.95. The van der Waals surface area contributed by atoms with E-state index >= 15 is 0 Å². The van der Waals surface area contributed by atoms with E-state index in [0.717, 1.165) is 12.8 Å². The maximum absolute atomic E-state index is 10.6. The van der Waals surface area contributed by atoms with Crippen LogP contribution in [0.15, 0.2) is 6.20 Å². The summed E-state index contributed by atoms with van der Waals surface area (Å²) in [4.78, 5) is 20.1. The van der Waals surface area contributed by atoms with Crippen LogP contribution < -0.4 is 4.90 Å². The van der Waals surface area contributed by atoms with Crippen LogP contribution in [0, 0.1) is 10.1 Å². The molecule has 0 unspecified atom stereocenters. The highest BCUT2D eigenvalue weighted by Crippen LogP contribution is 2.27. The minimum Gasteiger partial charge on any atom is -0.341 e. The van der Waals surface area contributed by atoms with Crippen molar-refractivity contribution in [2.75, 3.05) is 11.9 Å². The maximum atomic E-state index is 10.6. The lowest BCUT2D eigenvalue weighted by Crippen LogP contribution is -2.34. The van der Waals surface area contributed by atoms with Crippen LogP contribution >= 0.6 is 11.6 Å². The molecule has 1 saturated carbocycles. The fourth-order valence-electron chi connectivity index (χ4n) is 2.27. The quantitative estimate of drug-likeness (QED) is 0.480. The third kappa shape index (κ3) is 2.69. The highest BCUT2D eigenvalue weighted by atomic mass is 35.5. The van der Waals surface area contributed by atoms with Gasteiger partial charge in [0.05, 0.1) is 4.92 Å². The van der Waals surface area contributed by atoms with E-state index in [0.29, 0.717) is 12.0 Å². The summed E-state index contributed by atoms with van der Waals surface area (Å²) in [5, 5.41) is 10.5. The summed E-state index contributed by atoms with van der Waals surface area (Å²) in [6.07, 6.45) is 7.06. The highest BCUT2D eigenvalue weighted by Gasteiger charge is 2.22. The number of hydrogen-bond acceptors (Lipinski definition) is 5. The molecule has 0 saturated heterocycles. The van der Waals surface area contributed by atoms with Gasteiger partial charge in [-0.2, -0.15) is 4.98 Å². The molecule has 0 N–H and O–H groups in total. The monoisotopic (exact) mass is 270 g/mol. The summed E-state index contributed by atoms with van der Waals surface area (Å²) in [7, 11) is 1.91. The standard InChI is InChI=1S/C11H15ClN4O2/c1-15(8-5-3-2-4-6-8)11-13-7-9(16(17)18)10(12)14-11/h7-8H,2-6H2,1H3. The van der Waals surface area contributed by atoms with Gasteiger partial charge >= 0.3 is 5.69 Å². The van der Waals surface area contributed by atoms with Crippen LogP contribution in [0.1, 0.15) is 32.1 Å². The largest absolute Gasteiger partial charge is 0.341 e. The van der Waals surface area contributed by atoms with Crippen LogP contribution in [0.4, 0.5) is 11.6 Å². The minimum absolute atomic E-state index is 0.104. The maximum Gasteiger partial charge on any atom is 0.324 e. The summed E-state index contributed by atoms with van der Waals surface area (Å²) < 4.78 is 0. The Morgan fingerprint density at radius 2 is 2.11 bits per heavy atom. The van der Waals surface area contributed by atoms with Crippen LogP contribution in [0.2, 0.25) is 5.15 Å². The number of hydrogen-bond donors (Lipinski definition) is 0. The fourth-order valence-corrected chi connectivity index (χ4v) is 2.46. The first kappa shape index (κ1) is 13.0. The molecule has 0 bridgehead atoms. The number of anilines is 1. The van der Waals surface area contributed by atoms with E-state index in [1.165, 1.54) is 25.5 Å². The molecule has 0 atom stereocenters. The first-order valence-electron chi connectivity index (χ1n) is 5.99. The van der Waals surface area contributed by atoms with Crippen molar-refractivity contribution in [3.05, 3.63) is 21.5 Å². The molecule has 6 nitrogen and oxygen atoms in total. The van der Waals surface area contributed by atoms with Gasteiger partial charge < -0.3 is 4.90 Å². The second-order valence-corrected chi connectivity index (χ2v) is 4.86. The van der Waals surface area contributed by atoms with Crippen molar-refractivity contribution < 1.29 is 4.92 Å². The number of aromatic nitrogens is 2. The first-order chi connectivity index (χ1) is 8.59. The molecule has 0 spiro atoms. The molecular weight excluding hydrogens is 256 g/mol. The topological polar surface area (TPSA) is 72.2 Å². The van der Waals surface area contributed by atoms with Crippen LogP contribution in [0.3, 0.4) is 0 Å². The number of rotatable bonds is 3. The fraction of sp³-hybridized carbons (Fsp3) is 0.636. The molecular formula is C11H15ClN4O2. The predicted molar refractivity (Wildman–Crippen MR) is 69.0 cm³/mol. The van der Waals surface area contributed by atoms with Crippen molar-refractivity contribution >= 4 is 23.2 Å². The van der Waals surface area contributed by atoms with Gasteiger partial charge in [-0.05, 0) is 12.8 Å². The average molecular weight is 271 g/mol. The van der Waals surface area contributed by atoms with E-state index < -0.39 is 4.92 Å². The summed E-state index contributed by atoms with van der Waals surface area (Å²) >= 11 is 5.79. The molecule has 1 aromatic rings. The third-order valence-electron chi connectivity index (χ3n) is 3.35. The lowest BCUT2D eigenvalue weighted by Gasteiger charge is -2.31. The van der Waals surface area contributed by atoms with E-state index in [2.05, 4.69) is 9.97 Å². The molecule has 0 aromatic carbocycles. The second kappa shape index (κ2) is 5.48.